The van der Waals surface area contributed by atoms with Crippen LogP contribution in [0.15, 0.2) is 66.7 Å². The van der Waals surface area contributed by atoms with Crippen molar-refractivity contribution in [3.05, 3.63) is 84.4 Å². The van der Waals surface area contributed by atoms with Gasteiger partial charge in [0.15, 0.2) is 0 Å². The number of hydrogen-bond acceptors (Lipinski definition) is 4. The van der Waals surface area contributed by atoms with E-state index < -0.39 is 0 Å². The van der Waals surface area contributed by atoms with Crippen molar-refractivity contribution < 1.29 is 20.0 Å². The molecule has 4 nitrogen and oxygen atoms in total. The number of aliphatic hydroxyl groups is 1. The summed E-state index contributed by atoms with van der Waals surface area (Å²) >= 11 is 0. The molecule has 2 aromatic carbocycles. The Morgan fingerprint density at radius 1 is 1.04 bits per heavy atom. The van der Waals surface area contributed by atoms with Crippen molar-refractivity contribution in [1.82, 2.24) is 0 Å². The van der Waals surface area contributed by atoms with Gasteiger partial charge in [-0.2, -0.15) is 0 Å². The van der Waals surface area contributed by atoms with Crippen LogP contribution < -0.4 is 0 Å². The molecule has 3 rings (SSSR count). The van der Waals surface area contributed by atoms with Crippen molar-refractivity contribution >= 4 is 0 Å². The van der Waals surface area contributed by atoms with E-state index in [4.69, 9.17) is 21.7 Å². The van der Waals surface area contributed by atoms with Gasteiger partial charge in [-0.25, -0.2) is 4.89 Å². The third-order valence-corrected chi connectivity index (χ3v) is 3.21. The van der Waals surface area contributed by atoms with Crippen LogP contribution in [0.1, 0.15) is 51.0 Å². The van der Waals surface area contributed by atoms with Crippen LogP contribution >= 0.6 is 0 Å². The van der Waals surface area contributed by atoms with Gasteiger partial charge in [-0.3, -0.25) is 5.26 Å². The first-order valence-electron chi connectivity index (χ1n) is 8.65. The second kappa shape index (κ2) is 15.2. The van der Waals surface area contributed by atoms with Gasteiger partial charge in [0.1, 0.15) is 12.2 Å². The zero-order valence-electron chi connectivity index (χ0n) is 16.1. The fraction of sp³-hybridized carbons (Fsp3) is 0.364. The predicted molar refractivity (Wildman–Crippen MR) is 106 cm³/mol. The minimum absolute atomic E-state index is 0.235. The number of rotatable bonds is 3. The van der Waals surface area contributed by atoms with Crippen molar-refractivity contribution in [3.63, 3.8) is 0 Å². The Bertz CT molecular complexity index is 551. The van der Waals surface area contributed by atoms with Crippen LogP contribution in [0.25, 0.3) is 0 Å². The molecule has 1 heterocycles. The average Bonchev–Trinajstić information content (AvgIpc) is 3.46. The topological polar surface area (TPSA) is 62.2 Å². The second-order valence-electron chi connectivity index (χ2n) is 5.72. The summed E-state index contributed by atoms with van der Waals surface area (Å²) in [5.41, 5.74) is 1.95. The molecule has 2 N–H and O–H groups in total. The summed E-state index contributed by atoms with van der Waals surface area (Å²) in [7, 11) is 0. The van der Waals surface area contributed by atoms with Crippen LogP contribution in [0, 0.1) is 6.58 Å². The zero-order chi connectivity index (χ0) is 19.8. The first-order valence-corrected chi connectivity index (χ1v) is 8.65. The summed E-state index contributed by atoms with van der Waals surface area (Å²) < 4.78 is 4.71. The molecule has 3 unspecified atom stereocenters. The molecule has 0 bridgehead atoms. The number of ether oxygens (including phenoxy) is 1. The van der Waals surface area contributed by atoms with E-state index in [-0.39, 0.29) is 12.2 Å². The Morgan fingerprint density at radius 2 is 1.38 bits per heavy atom. The third-order valence-electron chi connectivity index (χ3n) is 3.21. The summed E-state index contributed by atoms with van der Waals surface area (Å²) in [5, 5.41) is 17.3. The van der Waals surface area contributed by atoms with E-state index in [0.29, 0.717) is 6.10 Å². The molecule has 0 spiro atoms. The SMILES string of the molecule is CC(O)c1ccccc1.CC(OO)c1ccccc1.CC1CO1.[CH+]=CC. The maximum absolute atomic E-state index is 9.02. The molecule has 0 radical (unpaired) electrons. The van der Waals surface area contributed by atoms with Gasteiger partial charge in [-0.1, -0.05) is 60.7 Å². The molecule has 2 aromatic rings. The number of hydrogen-bond donors (Lipinski definition) is 2. The second-order valence-corrected chi connectivity index (χ2v) is 5.72. The van der Waals surface area contributed by atoms with Crippen molar-refractivity contribution in [2.45, 2.75) is 46.0 Å². The first-order chi connectivity index (χ1) is 12.5. The fourth-order valence-corrected chi connectivity index (χ4v) is 1.61. The van der Waals surface area contributed by atoms with Crippen LogP contribution in [0.5, 0.6) is 0 Å². The third kappa shape index (κ3) is 13.2. The highest BCUT2D eigenvalue weighted by molar-refractivity contribution is 5.17. The molecule has 26 heavy (non-hydrogen) atoms. The largest absolute Gasteiger partial charge is 0.389 e. The molecule has 0 amide bonds. The summed E-state index contributed by atoms with van der Waals surface area (Å²) in [6.07, 6.45) is 1.51. The van der Waals surface area contributed by atoms with E-state index in [0.717, 1.165) is 17.7 Å². The van der Waals surface area contributed by atoms with Crippen molar-refractivity contribution in [2.24, 2.45) is 0 Å². The van der Waals surface area contributed by atoms with Gasteiger partial charge in [-0.15, -0.1) is 0 Å². The molecule has 0 saturated carbocycles. The maximum Gasteiger partial charge on any atom is 0.201 e. The molecule has 142 valence electrons. The zero-order valence-corrected chi connectivity index (χ0v) is 16.1. The van der Waals surface area contributed by atoms with E-state index in [1.165, 1.54) is 6.08 Å². The Morgan fingerprint density at radius 3 is 1.62 bits per heavy atom. The van der Waals surface area contributed by atoms with Gasteiger partial charge in [0.05, 0.1) is 18.8 Å². The van der Waals surface area contributed by atoms with Crippen molar-refractivity contribution in [2.75, 3.05) is 6.61 Å². The number of allylic oxidation sites excluding steroid dienone is 1. The van der Waals surface area contributed by atoms with E-state index in [1.807, 2.05) is 60.7 Å². The van der Waals surface area contributed by atoms with E-state index in [1.54, 1.807) is 20.8 Å². The van der Waals surface area contributed by atoms with Gasteiger partial charge in [0.25, 0.3) is 0 Å². The number of epoxide rings is 1. The van der Waals surface area contributed by atoms with Gasteiger partial charge in [-0.05, 0) is 31.9 Å². The first kappa shape index (κ1) is 23.9. The average molecular weight is 359 g/mol. The van der Waals surface area contributed by atoms with Gasteiger partial charge < -0.3 is 9.84 Å². The van der Waals surface area contributed by atoms with Gasteiger partial charge >= 0.3 is 0 Å². The minimum atomic E-state index is -0.341. The van der Waals surface area contributed by atoms with Crippen LogP contribution in [0.2, 0.25) is 0 Å². The van der Waals surface area contributed by atoms with Crippen LogP contribution in [0.3, 0.4) is 0 Å². The normalized spacial score (nSPS) is 16.1. The van der Waals surface area contributed by atoms with Crippen molar-refractivity contribution in [1.29, 1.82) is 0 Å². The summed E-state index contributed by atoms with van der Waals surface area (Å²) in [6, 6.07) is 19.1. The molecule has 3 atom stereocenters. The molecule has 4 heteroatoms. The predicted octanol–water partition coefficient (Wildman–Crippen LogP) is 5.38. The highest BCUT2D eigenvalue weighted by Gasteiger charge is 2.13. The molecular formula is C22H31O4+. The van der Waals surface area contributed by atoms with Gasteiger partial charge in [0.2, 0.25) is 6.58 Å². The minimum Gasteiger partial charge on any atom is -0.389 e. The van der Waals surface area contributed by atoms with Gasteiger partial charge in [0, 0.05) is 6.92 Å². The monoisotopic (exact) mass is 359 g/mol. The van der Waals surface area contributed by atoms with Crippen LogP contribution in [-0.2, 0) is 9.62 Å². The molecular weight excluding hydrogens is 328 g/mol. The van der Waals surface area contributed by atoms with E-state index in [2.05, 4.69) is 11.8 Å². The lowest BCUT2D eigenvalue weighted by molar-refractivity contribution is -0.277. The van der Waals surface area contributed by atoms with E-state index in [9.17, 15) is 0 Å². The van der Waals surface area contributed by atoms with E-state index >= 15 is 0 Å². The Kier molecular flexibility index (Phi) is 14.0. The quantitative estimate of drug-likeness (QED) is 0.334. The molecule has 0 aromatic heterocycles. The molecule has 1 fully saturated rings. The highest BCUT2D eigenvalue weighted by Crippen LogP contribution is 2.13. The molecule has 1 aliphatic heterocycles. The smallest absolute Gasteiger partial charge is 0.201 e. The molecule has 1 saturated heterocycles. The van der Waals surface area contributed by atoms with Crippen LogP contribution in [-0.4, -0.2) is 23.1 Å². The summed E-state index contributed by atoms with van der Waals surface area (Å²) in [6.45, 7) is 13.1. The van der Waals surface area contributed by atoms with Crippen LogP contribution in [0.4, 0.5) is 0 Å². The lowest BCUT2D eigenvalue weighted by Crippen LogP contribution is -1.94. The lowest BCUT2D eigenvalue weighted by Gasteiger charge is -2.05. The molecule has 1 aliphatic rings. The maximum atomic E-state index is 9.02. The Balaban J connectivity index is 0.000000356. The Hall–Kier alpha value is -2.07. The fourth-order valence-electron chi connectivity index (χ4n) is 1.61. The highest BCUT2D eigenvalue weighted by atomic mass is 17.1. The van der Waals surface area contributed by atoms with Crippen molar-refractivity contribution in [3.8, 4) is 0 Å². The standard InChI is InChI=1S/C8H10O2.C8H10O.C3H6O.C3H5/c1-7(10-9)8-5-3-2-4-6-8;1-7(9)8-5-3-2-4-6-8;1-3-2-4-3;1-3-2/h2-7,9H,1H3;2-7,9H,1H3;3H,2H2,1H3;1,3H,2H3/q;;;+1. The molecule has 0 aliphatic carbocycles. The number of aliphatic hydroxyl groups excluding tert-OH is 1. The summed E-state index contributed by atoms with van der Waals surface area (Å²) in [4.78, 5) is 4.14. The Labute approximate surface area is 157 Å². The lowest BCUT2D eigenvalue weighted by atomic mass is 10.1. The number of benzene rings is 2. The summed E-state index contributed by atoms with van der Waals surface area (Å²) in [5.74, 6) is 0.